The Labute approximate surface area is 69.5 Å². The lowest BCUT2D eigenvalue weighted by Gasteiger charge is -2.25. The van der Waals surface area contributed by atoms with Crippen LogP contribution in [0.1, 0.15) is 26.2 Å². The Hall–Kier alpha value is -0.0800. The van der Waals surface area contributed by atoms with Gasteiger partial charge in [0.25, 0.3) is 0 Å². The van der Waals surface area contributed by atoms with Crippen LogP contribution in [0.2, 0.25) is 0 Å². The first-order valence-electron chi connectivity index (χ1n) is 4.55. The van der Waals surface area contributed by atoms with Crippen molar-refractivity contribution in [1.82, 2.24) is 4.90 Å². The van der Waals surface area contributed by atoms with E-state index in [1.807, 2.05) is 6.92 Å². The molecule has 2 heteroatoms. The third kappa shape index (κ3) is 3.73. The van der Waals surface area contributed by atoms with Gasteiger partial charge in [-0.3, -0.25) is 0 Å². The van der Waals surface area contributed by atoms with Crippen LogP contribution < -0.4 is 0 Å². The quantitative estimate of drug-likeness (QED) is 0.574. The Bertz CT molecular complexity index is 89.6. The highest BCUT2D eigenvalue weighted by Crippen LogP contribution is 2.07. The molecule has 0 bridgehead atoms. The summed E-state index contributed by atoms with van der Waals surface area (Å²) in [5.74, 6) is 0. The lowest BCUT2D eigenvalue weighted by molar-refractivity contribution is 0.139. The van der Waals surface area contributed by atoms with Gasteiger partial charge in [-0.25, -0.2) is 0 Å². The highest BCUT2D eigenvalue weighted by Gasteiger charge is 2.08. The molecule has 0 aromatic carbocycles. The third-order valence-electron chi connectivity index (χ3n) is 2.14. The smallest absolute Gasteiger partial charge is 0.0806 e. The molecule has 0 spiro atoms. The van der Waals surface area contributed by atoms with Crippen LogP contribution in [-0.4, -0.2) is 31.1 Å². The standard InChI is InChI=1S/C9H18NO/c1-2-11-9-8-10-6-4-3-5-7-10/h2H,3-9H2,1H3. The van der Waals surface area contributed by atoms with E-state index in [-0.39, 0.29) is 0 Å². The molecule has 2 nitrogen and oxygen atoms in total. The second-order valence-electron chi connectivity index (χ2n) is 3.01. The van der Waals surface area contributed by atoms with E-state index >= 15 is 0 Å². The van der Waals surface area contributed by atoms with Crippen LogP contribution in [0.15, 0.2) is 0 Å². The predicted octanol–water partition coefficient (Wildman–Crippen LogP) is 1.67. The van der Waals surface area contributed by atoms with E-state index in [9.17, 15) is 0 Å². The summed E-state index contributed by atoms with van der Waals surface area (Å²) in [6, 6.07) is 0. The zero-order chi connectivity index (χ0) is 7.94. The monoisotopic (exact) mass is 156 g/mol. The van der Waals surface area contributed by atoms with Crippen molar-refractivity contribution < 1.29 is 4.74 Å². The zero-order valence-electron chi connectivity index (χ0n) is 7.38. The van der Waals surface area contributed by atoms with Gasteiger partial charge in [0.15, 0.2) is 0 Å². The molecular formula is C9H18NO. The van der Waals surface area contributed by atoms with Gasteiger partial charge in [-0.2, -0.15) is 0 Å². The maximum absolute atomic E-state index is 5.17. The molecule has 1 aliphatic heterocycles. The van der Waals surface area contributed by atoms with E-state index in [1.54, 1.807) is 6.61 Å². The fraction of sp³-hybridized carbons (Fsp3) is 0.889. The zero-order valence-corrected chi connectivity index (χ0v) is 7.38. The normalized spacial score (nSPS) is 20.5. The summed E-state index contributed by atoms with van der Waals surface area (Å²) in [5, 5.41) is 0. The molecule has 1 heterocycles. The van der Waals surface area contributed by atoms with E-state index in [1.165, 1.54) is 32.4 Å². The molecular weight excluding hydrogens is 138 g/mol. The molecule has 1 aliphatic rings. The molecule has 1 radical (unpaired) electrons. The predicted molar refractivity (Wildman–Crippen MR) is 46.2 cm³/mol. The van der Waals surface area contributed by atoms with E-state index in [0.29, 0.717) is 0 Å². The second-order valence-corrected chi connectivity index (χ2v) is 3.01. The van der Waals surface area contributed by atoms with Gasteiger partial charge in [-0.1, -0.05) is 6.42 Å². The van der Waals surface area contributed by atoms with Gasteiger partial charge < -0.3 is 9.64 Å². The average molecular weight is 156 g/mol. The minimum absolute atomic E-state index is 0.858. The number of piperidine rings is 1. The molecule has 1 rings (SSSR count). The van der Waals surface area contributed by atoms with E-state index in [2.05, 4.69) is 4.90 Å². The second kappa shape index (κ2) is 5.56. The first-order chi connectivity index (χ1) is 5.43. The van der Waals surface area contributed by atoms with Crippen LogP contribution in [0.4, 0.5) is 0 Å². The highest BCUT2D eigenvalue weighted by molar-refractivity contribution is 4.63. The molecule has 0 saturated carbocycles. The van der Waals surface area contributed by atoms with Crippen LogP contribution in [0.25, 0.3) is 0 Å². The van der Waals surface area contributed by atoms with Gasteiger partial charge in [0.1, 0.15) is 0 Å². The summed E-state index contributed by atoms with van der Waals surface area (Å²) < 4.78 is 5.17. The molecule has 65 valence electrons. The van der Waals surface area contributed by atoms with Crippen LogP contribution in [0, 0.1) is 6.61 Å². The number of hydrogen-bond acceptors (Lipinski definition) is 2. The van der Waals surface area contributed by atoms with Crippen LogP contribution in [0.3, 0.4) is 0 Å². The van der Waals surface area contributed by atoms with Crippen molar-refractivity contribution in [2.45, 2.75) is 26.2 Å². The molecule has 1 fully saturated rings. The van der Waals surface area contributed by atoms with Crippen molar-refractivity contribution in [3.8, 4) is 0 Å². The van der Waals surface area contributed by atoms with Gasteiger partial charge in [-0.05, 0) is 32.9 Å². The molecule has 0 atom stereocenters. The van der Waals surface area contributed by atoms with Crippen LogP contribution in [0.5, 0.6) is 0 Å². The first-order valence-corrected chi connectivity index (χ1v) is 4.55. The molecule has 0 aliphatic carbocycles. The van der Waals surface area contributed by atoms with Crippen molar-refractivity contribution in [2.24, 2.45) is 0 Å². The molecule has 1 saturated heterocycles. The molecule has 0 aromatic rings. The van der Waals surface area contributed by atoms with Crippen LogP contribution in [-0.2, 0) is 4.74 Å². The molecule has 0 unspecified atom stereocenters. The Morgan fingerprint density at radius 2 is 2.00 bits per heavy atom. The number of ether oxygens (including phenoxy) is 1. The highest BCUT2D eigenvalue weighted by atomic mass is 16.5. The van der Waals surface area contributed by atoms with E-state index in [4.69, 9.17) is 4.74 Å². The van der Waals surface area contributed by atoms with Gasteiger partial charge in [-0.15, -0.1) is 0 Å². The molecule has 0 N–H and O–H groups in total. The Balaban J connectivity index is 1.96. The summed E-state index contributed by atoms with van der Waals surface area (Å²) in [6.07, 6.45) is 4.16. The van der Waals surface area contributed by atoms with Crippen molar-refractivity contribution in [3.63, 3.8) is 0 Å². The molecule has 0 amide bonds. The fourth-order valence-electron chi connectivity index (χ4n) is 1.48. The fourth-order valence-corrected chi connectivity index (χ4v) is 1.48. The van der Waals surface area contributed by atoms with Crippen molar-refractivity contribution >= 4 is 0 Å². The lowest BCUT2D eigenvalue weighted by atomic mass is 10.1. The summed E-state index contributed by atoms with van der Waals surface area (Å²) in [4.78, 5) is 2.48. The lowest BCUT2D eigenvalue weighted by Crippen LogP contribution is -2.32. The Morgan fingerprint density at radius 3 is 2.64 bits per heavy atom. The minimum Gasteiger partial charge on any atom is -0.374 e. The Morgan fingerprint density at radius 1 is 1.27 bits per heavy atom. The number of hydrogen-bond donors (Lipinski definition) is 0. The Kier molecular flexibility index (Phi) is 4.55. The minimum atomic E-state index is 0.858. The van der Waals surface area contributed by atoms with E-state index < -0.39 is 0 Å². The van der Waals surface area contributed by atoms with Gasteiger partial charge in [0.2, 0.25) is 0 Å². The largest absolute Gasteiger partial charge is 0.374 e. The van der Waals surface area contributed by atoms with Gasteiger partial charge in [0, 0.05) is 6.54 Å². The van der Waals surface area contributed by atoms with Gasteiger partial charge >= 0.3 is 0 Å². The van der Waals surface area contributed by atoms with Crippen molar-refractivity contribution in [1.29, 1.82) is 0 Å². The molecule has 0 aromatic heterocycles. The van der Waals surface area contributed by atoms with Gasteiger partial charge in [0.05, 0.1) is 13.2 Å². The average Bonchev–Trinajstić information content (AvgIpc) is 2.07. The maximum atomic E-state index is 5.17. The number of nitrogens with zero attached hydrogens (tertiary/aromatic N) is 1. The summed E-state index contributed by atoms with van der Waals surface area (Å²) in [5.41, 5.74) is 0. The number of likely N-dealkylation sites (tertiary alicyclic amines) is 1. The summed E-state index contributed by atoms with van der Waals surface area (Å²) >= 11 is 0. The molecule has 11 heavy (non-hydrogen) atoms. The SMILES string of the molecule is C[CH]OCCN1CCCCC1. The van der Waals surface area contributed by atoms with Crippen LogP contribution >= 0.6 is 0 Å². The summed E-state index contributed by atoms with van der Waals surface area (Å²) in [7, 11) is 0. The van der Waals surface area contributed by atoms with E-state index in [0.717, 1.165) is 13.2 Å². The first kappa shape index (κ1) is 9.01. The topological polar surface area (TPSA) is 12.5 Å². The van der Waals surface area contributed by atoms with Crippen molar-refractivity contribution in [2.75, 3.05) is 26.2 Å². The number of rotatable bonds is 4. The third-order valence-corrected chi connectivity index (χ3v) is 2.14. The van der Waals surface area contributed by atoms with Crippen molar-refractivity contribution in [3.05, 3.63) is 6.61 Å². The summed E-state index contributed by atoms with van der Waals surface area (Å²) in [6.45, 7) is 8.20. The maximum Gasteiger partial charge on any atom is 0.0806 e.